The molecule has 0 fully saturated rings. The molecular weight excluding hydrogens is 272 g/mol. The quantitative estimate of drug-likeness (QED) is 0.915. The summed E-state index contributed by atoms with van der Waals surface area (Å²) in [5, 5.41) is 10.0. The topological polar surface area (TPSA) is 72.8 Å². The second-order valence-corrected chi connectivity index (χ2v) is 4.49. The zero-order valence-corrected chi connectivity index (χ0v) is 11.8. The Balaban J connectivity index is 2.69. The summed E-state index contributed by atoms with van der Waals surface area (Å²) in [5.41, 5.74) is -0.246. The van der Waals surface area contributed by atoms with E-state index in [-0.39, 0.29) is 11.2 Å². The van der Waals surface area contributed by atoms with E-state index in [0.29, 0.717) is 22.9 Å². The predicted octanol–water partition coefficient (Wildman–Crippen LogP) is 2.45. The Bertz CT molecular complexity index is 723. The van der Waals surface area contributed by atoms with Crippen molar-refractivity contribution in [1.82, 2.24) is 0 Å². The molecule has 2 aromatic rings. The number of rotatable bonds is 5. The van der Waals surface area contributed by atoms with Crippen molar-refractivity contribution in [3.63, 3.8) is 0 Å². The highest BCUT2D eigenvalue weighted by Crippen LogP contribution is 2.31. The smallest absolute Gasteiger partial charge is 0.344 e. The van der Waals surface area contributed by atoms with Crippen molar-refractivity contribution in [2.45, 2.75) is 19.4 Å². The summed E-state index contributed by atoms with van der Waals surface area (Å²) >= 11 is 0. The van der Waals surface area contributed by atoms with E-state index in [2.05, 4.69) is 0 Å². The molecule has 2 aromatic carbocycles. The zero-order chi connectivity index (χ0) is 15.4. The molecule has 2 rings (SSSR count). The van der Waals surface area contributed by atoms with Crippen LogP contribution in [0.25, 0.3) is 10.8 Å². The third-order valence-electron chi connectivity index (χ3n) is 3.17. The van der Waals surface area contributed by atoms with E-state index >= 15 is 0 Å². The lowest BCUT2D eigenvalue weighted by Crippen LogP contribution is -2.26. The molecule has 0 heterocycles. The first kappa shape index (κ1) is 14.8. The highest BCUT2D eigenvalue weighted by molar-refractivity contribution is 5.93. The number of fused-ring (bicyclic) bond motifs is 1. The number of carboxylic acid groups (broad SMARTS) is 1. The number of hydrogen-bond donors (Lipinski definition) is 1. The average Bonchev–Trinajstić information content (AvgIpc) is 2.67. The van der Waals surface area contributed by atoms with E-state index < -0.39 is 12.1 Å². The molecule has 110 valence electrons. The van der Waals surface area contributed by atoms with Gasteiger partial charge in [-0.2, -0.15) is 0 Å². The van der Waals surface area contributed by atoms with Gasteiger partial charge >= 0.3 is 5.97 Å². The van der Waals surface area contributed by atoms with E-state index in [0.717, 1.165) is 0 Å². The minimum absolute atomic E-state index is 0.246. The van der Waals surface area contributed by atoms with Gasteiger partial charge in [-0.15, -0.1) is 0 Å². The van der Waals surface area contributed by atoms with Gasteiger partial charge in [0.1, 0.15) is 11.5 Å². The van der Waals surface area contributed by atoms with Gasteiger partial charge in [-0.05, 0) is 24.6 Å². The lowest BCUT2D eigenvalue weighted by atomic mass is 10.1. The molecule has 0 aliphatic heterocycles. The fourth-order valence-corrected chi connectivity index (χ4v) is 2.12. The minimum Gasteiger partial charge on any atom is -0.496 e. The number of benzene rings is 1. The first-order chi connectivity index (χ1) is 10.1. The van der Waals surface area contributed by atoms with Gasteiger partial charge < -0.3 is 14.6 Å². The maximum Gasteiger partial charge on any atom is 0.344 e. The lowest BCUT2D eigenvalue weighted by Gasteiger charge is -2.15. The first-order valence-electron chi connectivity index (χ1n) is 6.58. The number of ether oxygens (including phenoxy) is 2. The standard InChI is InChI=1S/C16H16O5/c1-3-12(16(18)19)21-14-9-8-13(20-2)10-6-4-5-7-11(17)15(10)14/h4-9,12H,3H2,1-2H3,(H,18,19)/t12-/m1/s1. The summed E-state index contributed by atoms with van der Waals surface area (Å²) in [6.45, 7) is 1.71. The zero-order valence-electron chi connectivity index (χ0n) is 11.8. The third kappa shape index (κ3) is 2.97. The Morgan fingerprint density at radius 3 is 2.48 bits per heavy atom. The molecule has 1 N–H and O–H groups in total. The molecular formula is C16H16O5. The molecule has 21 heavy (non-hydrogen) atoms. The summed E-state index contributed by atoms with van der Waals surface area (Å²) in [6.07, 6.45) is -0.692. The Morgan fingerprint density at radius 1 is 1.19 bits per heavy atom. The predicted molar refractivity (Wildman–Crippen MR) is 79.1 cm³/mol. The van der Waals surface area contributed by atoms with Crippen molar-refractivity contribution in [3.8, 4) is 11.5 Å². The van der Waals surface area contributed by atoms with Crippen molar-refractivity contribution in [2.24, 2.45) is 0 Å². The molecule has 0 aromatic heterocycles. The maximum atomic E-state index is 12.2. The van der Waals surface area contributed by atoms with E-state index in [4.69, 9.17) is 14.6 Å². The molecule has 0 radical (unpaired) electrons. The molecule has 0 spiro atoms. The van der Waals surface area contributed by atoms with Gasteiger partial charge in [0.25, 0.3) is 0 Å². The number of aliphatic carboxylic acids is 1. The van der Waals surface area contributed by atoms with Gasteiger partial charge in [-0.1, -0.05) is 25.1 Å². The summed E-state index contributed by atoms with van der Waals surface area (Å²) in [7, 11) is 1.51. The molecule has 0 aliphatic rings. The highest BCUT2D eigenvalue weighted by Gasteiger charge is 2.19. The van der Waals surface area contributed by atoms with Gasteiger partial charge in [-0.3, -0.25) is 4.79 Å². The van der Waals surface area contributed by atoms with Crippen LogP contribution in [0.2, 0.25) is 0 Å². The molecule has 5 nitrogen and oxygen atoms in total. The van der Waals surface area contributed by atoms with Crippen molar-refractivity contribution >= 4 is 16.7 Å². The number of carboxylic acids is 1. The van der Waals surface area contributed by atoms with Crippen molar-refractivity contribution in [2.75, 3.05) is 7.11 Å². The molecule has 0 unspecified atom stereocenters. The summed E-state index contributed by atoms with van der Waals surface area (Å²) < 4.78 is 10.8. The van der Waals surface area contributed by atoms with Gasteiger partial charge in [0.05, 0.1) is 12.5 Å². The average molecular weight is 288 g/mol. The molecule has 0 saturated heterocycles. The van der Waals surface area contributed by atoms with E-state index in [9.17, 15) is 9.59 Å². The van der Waals surface area contributed by atoms with E-state index in [1.54, 1.807) is 37.3 Å². The van der Waals surface area contributed by atoms with Crippen molar-refractivity contribution < 1.29 is 19.4 Å². The Morgan fingerprint density at radius 2 is 1.86 bits per heavy atom. The second kappa shape index (κ2) is 6.26. The van der Waals surface area contributed by atoms with Gasteiger partial charge in [0.15, 0.2) is 11.5 Å². The highest BCUT2D eigenvalue weighted by atomic mass is 16.5. The van der Waals surface area contributed by atoms with Crippen LogP contribution in [0.15, 0.2) is 41.2 Å². The number of carbonyl (C=O) groups is 1. The summed E-state index contributed by atoms with van der Waals surface area (Å²) in [6, 6.07) is 9.73. The monoisotopic (exact) mass is 288 g/mol. The van der Waals surface area contributed by atoms with E-state index in [1.807, 2.05) is 0 Å². The van der Waals surface area contributed by atoms with Crippen LogP contribution >= 0.6 is 0 Å². The molecule has 0 saturated carbocycles. The summed E-state index contributed by atoms with van der Waals surface area (Å²) in [5.74, 6) is -0.274. The van der Waals surface area contributed by atoms with Crippen LogP contribution in [0.5, 0.6) is 11.5 Å². The van der Waals surface area contributed by atoms with Gasteiger partial charge in [0.2, 0.25) is 0 Å². The fourth-order valence-electron chi connectivity index (χ4n) is 2.12. The van der Waals surface area contributed by atoms with Crippen LogP contribution in [0.1, 0.15) is 13.3 Å². The van der Waals surface area contributed by atoms with Crippen LogP contribution in [-0.4, -0.2) is 24.3 Å². The molecule has 0 aliphatic carbocycles. The largest absolute Gasteiger partial charge is 0.496 e. The molecule has 0 amide bonds. The lowest BCUT2D eigenvalue weighted by molar-refractivity contribution is -0.145. The molecule has 0 bridgehead atoms. The third-order valence-corrected chi connectivity index (χ3v) is 3.17. The van der Waals surface area contributed by atoms with Gasteiger partial charge in [-0.25, -0.2) is 4.79 Å². The van der Waals surface area contributed by atoms with Crippen LogP contribution in [-0.2, 0) is 4.79 Å². The van der Waals surface area contributed by atoms with Crippen molar-refractivity contribution in [3.05, 3.63) is 46.6 Å². The van der Waals surface area contributed by atoms with Crippen LogP contribution < -0.4 is 14.9 Å². The van der Waals surface area contributed by atoms with Gasteiger partial charge in [0, 0.05) is 5.39 Å². The maximum absolute atomic E-state index is 12.2. The minimum atomic E-state index is -1.06. The molecule has 5 heteroatoms. The Kier molecular flexibility index (Phi) is 4.42. The summed E-state index contributed by atoms with van der Waals surface area (Å²) in [4.78, 5) is 23.3. The van der Waals surface area contributed by atoms with Crippen LogP contribution in [0.3, 0.4) is 0 Å². The van der Waals surface area contributed by atoms with Crippen LogP contribution in [0.4, 0.5) is 0 Å². The molecule has 1 atom stereocenters. The number of methoxy groups -OCH3 is 1. The Labute approximate surface area is 121 Å². The fraction of sp³-hybridized carbons (Fsp3) is 0.250. The first-order valence-corrected chi connectivity index (χ1v) is 6.58. The number of hydrogen-bond acceptors (Lipinski definition) is 4. The van der Waals surface area contributed by atoms with Crippen LogP contribution in [0, 0.1) is 0 Å². The normalized spacial score (nSPS) is 11.9. The SMILES string of the molecule is CC[C@@H](Oc1ccc(OC)c2ccccc(=O)c12)C(=O)O. The Hall–Kier alpha value is -2.56. The van der Waals surface area contributed by atoms with Crippen molar-refractivity contribution in [1.29, 1.82) is 0 Å². The second-order valence-electron chi connectivity index (χ2n) is 4.49. The van der Waals surface area contributed by atoms with E-state index in [1.165, 1.54) is 13.2 Å².